The van der Waals surface area contributed by atoms with Crippen molar-refractivity contribution in [3.8, 4) is 11.4 Å². The summed E-state index contributed by atoms with van der Waals surface area (Å²) in [6.07, 6.45) is 0. The molecule has 0 unspecified atom stereocenters. The summed E-state index contributed by atoms with van der Waals surface area (Å²) >= 11 is 5.89. The molecule has 2 N–H and O–H groups in total. The van der Waals surface area contributed by atoms with Crippen molar-refractivity contribution in [1.29, 1.82) is 0 Å². The SMILES string of the molecule is CC(C)(NCc1nc(-c2cccc(Cl)c2)no1)C(=O)O. The third-order valence-corrected chi connectivity index (χ3v) is 3.00. The van der Waals surface area contributed by atoms with Crippen LogP contribution in [0.4, 0.5) is 0 Å². The van der Waals surface area contributed by atoms with Crippen LogP contribution in [0.1, 0.15) is 19.7 Å². The molecule has 0 spiro atoms. The number of aromatic nitrogens is 2. The summed E-state index contributed by atoms with van der Waals surface area (Å²) in [4.78, 5) is 15.2. The first-order valence-corrected chi connectivity index (χ1v) is 6.33. The molecule has 0 radical (unpaired) electrons. The molecule has 0 aliphatic rings. The van der Waals surface area contributed by atoms with Gasteiger partial charge in [0.2, 0.25) is 11.7 Å². The van der Waals surface area contributed by atoms with Crippen molar-refractivity contribution in [1.82, 2.24) is 15.5 Å². The molecule has 2 aromatic rings. The van der Waals surface area contributed by atoms with E-state index in [1.54, 1.807) is 32.0 Å². The molecule has 7 heteroatoms. The van der Waals surface area contributed by atoms with E-state index in [0.29, 0.717) is 16.7 Å². The molecule has 106 valence electrons. The maximum absolute atomic E-state index is 11.0. The van der Waals surface area contributed by atoms with Gasteiger partial charge in [0.15, 0.2) is 0 Å². The molecule has 1 aromatic heterocycles. The van der Waals surface area contributed by atoms with E-state index in [-0.39, 0.29) is 6.54 Å². The fraction of sp³-hybridized carbons (Fsp3) is 0.308. The van der Waals surface area contributed by atoms with Crippen LogP contribution in [0, 0.1) is 0 Å². The number of hydrogen-bond donors (Lipinski definition) is 2. The van der Waals surface area contributed by atoms with E-state index in [0.717, 1.165) is 5.56 Å². The standard InChI is InChI=1S/C13H14ClN3O3/c1-13(2,12(18)19)15-7-10-16-11(17-20-10)8-4-3-5-9(14)6-8/h3-6,15H,7H2,1-2H3,(H,18,19). The molecule has 0 aliphatic carbocycles. The molecule has 0 fully saturated rings. The number of nitrogens with zero attached hydrogens (tertiary/aromatic N) is 2. The van der Waals surface area contributed by atoms with Crippen LogP contribution in [-0.4, -0.2) is 26.8 Å². The van der Waals surface area contributed by atoms with Gasteiger partial charge < -0.3 is 9.63 Å². The lowest BCUT2D eigenvalue weighted by Crippen LogP contribution is -2.46. The van der Waals surface area contributed by atoms with Crippen molar-refractivity contribution in [2.45, 2.75) is 25.9 Å². The van der Waals surface area contributed by atoms with Crippen molar-refractivity contribution in [2.24, 2.45) is 0 Å². The second-order valence-electron chi connectivity index (χ2n) is 4.81. The zero-order chi connectivity index (χ0) is 14.8. The number of aliphatic carboxylic acids is 1. The predicted molar refractivity (Wildman–Crippen MR) is 73.3 cm³/mol. The Labute approximate surface area is 120 Å². The minimum absolute atomic E-state index is 0.173. The van der Waals surface area contributed by atoms with E-state index >= 15 is 0 Å². The van der Waals surface area contributed by atoms with Crippen molar-refractivity contribution < 1.29 is 14.4 Å². The second kappa shape index (κ2) is 5.60. The lowest BCUT2D eigenvalue weighted by Gasteiger charge is -2.19. The Kier molecular flexibility index (Phi) is 4.06. The number of nitrogens with one attached hydrogen (secondary N) is 1. The van der Waals surface area contributed by atoms with Crippen LogP contribution in [0.15, 0.2) is 28.8 Å². The third kappa shape index (κ3) is 3.34. The maximum Gasteiger partial charge on any atom is 0.323 e. The van der Waals surface area contributed by atoms with Crippen LogP contribution in [0.25, 0.3) is 11.4 Å². The molecule has 0 amide bonds. The summed E-state index contributed by atoms with van der Waals surface area (Å²) in [5.41, 5.74) is -0.324. The summed E-state index contributed by atoms with van der Waals surface area (Å²) in [5.74, 6) is -0.223. The topological polar surface area (TPSA) is 88.3 Å². The number of carbonyl (C=O) groups is 1. The van der Waals surface area contributed by atoms with E-state index in [1.807, 2.05) is 6.07 Å². The van der Waals surface area contributed by atoms with E-state index in [1.165, 1.54) is 0 Å². The van der Waals surface area contributed by atoms with Crippen molar-refractivity contribution >= 4 is 17.6 Å². The first-order valence-electron chi connectivity index (χ1n) is 5.95. The van der Waals surface area contributed by atoms with Gasteiger partial charge in [0.25, 0.3) is 0 Å². The quantitative estimate of drug-likeness (QED) is 0.880. The highest BCUT2D eigenvalue weighted by Gasteiger charge is 2.26. The summed E-state index contributed by atoms with van der Waals surface area (Å²) in [7, 11) is 0. The average molecular weight is 296 g/mol. The van der Waals surface area contributed by atoms with Crippen LogP contribution in [0.2, 0.25) is 5.02 Å². The average Bonchev–Trinajstić information content (AvgIpc) is 2.85. The molecule has 0 saturated heterocycles. The lowest BCUT2D eigenvalue weighted by molar-refractivity contribution is -0.143. The number of hydrogen-bond acceptors (Lipinski definition) is 5. The van der Waals surface area contributed by atoms with E-state index in [4.69, 9.17) is 21.2 Å². The van der Waals surface area contributed by atoms with E-state index in [9.17, 15) is 4.79 Å². The van der Waals surface area contributed by atoms with Gasteiger partial charge in [0.1, 0.15) is 5.54 Å². The Balaban J connectivity index is 2.08. The Morgan fingerprint density at radius 1 is 1.50 bits per heavy atom. The summed E-state index contributed by atoms with van der Waals surface area (Å²) in [6.45, 7) is 3.29. The normalized spacial score (nSPS) is 11.6. The molecule has 0 saturated carbocycles. The Bertz CT molecular complexity index is 625. The monoisotopic (exact) mass is 295 g/mol. The Hall–Kier alpha value is -1.92. The highest BCUT2D eigenvalue weighted by atomic mass is 35.5. The minimum Gasteiger partial charge on any atom is -0.480 e. The smallest absolute Gasteiger partial charge is 0.323 e. The van der Waals surface area contributed by atoms with Crippen molar-refractivity contribution in [3.05, 3.63) is 35.2 Å². The molecule has 6 nitrogen and oxygen atoms in total. The fourth-order valence-corrected chi connectivity index (χ4v) is 1.63. The van der Waals surface area contributed by atoms with Gasteiger partial charge in [0, 0.05) is 10.6 Å². The fourth-order valence-electron chi connectivity index (χ4n) is 1.44. The van der Waals surface area contributed by atoms with Crippen LogP contribution < -0.4 is 5.32 Å². The van der Waals surface area contributed by atoms with Gasteiger partial charge in [-0.2, -0.15) is 4.98 Å². The second-order valence-corrected chi connectivity index (χ2v) is 5.24. The number of carboxylic acid groups (broad SMARTS) is 1. The molecular weight excluding hydrogens is 282 g/mol. The first-order chi connectivity index (χ1) is 9.38. The molecule has 0 atom stereocenters. The molecule has 1 aromatic carbocycles. The molecule has 2 rings (SSSR count). The zero-order valence-electron chi connectivity index (χ0n) is 11.1. The van der Waals surface area contributed by atoms with Crippen LogP contribution in [-0.2, 0) is 11.3 Å². The number of carboxylic acids is 1. The van der Waals surface area contributed by atoms with Gasteiger partial charge >= 0.3 is 5.97 Å². The predicted octanol–water partition coefficient (Wildman–Crippen LogP) is 2.34. The van der Waals surface area contributed by atoms with Gasteiger partial charge in [-0.3, -0.25) is 10.1 Å². The highest BCUT2D eigenvalue weighted by molar-refractivity contribution is 6.30. The zero-order valence-corrected chi connectivity index (χ0v) is 11.8. The van der Waals surface area contributed by atoms with Gasteiger partial charge in [-0.15, -0.1) is 0 Å². The number of benzene rings is 1. The van der Waals surface area contributed by atoms with E-state index in [2.05, 4.69) is 15.5 Å². The molecule has 0 aliphatic heterocycles. The van der Waals surface area contributed by atoms with Gasteiger partial charge in [-0.25, -0.2) is 0 Å². The highest BCUT2D eigenvalue weighted by Crippen LogP contribution is 2.20. The lowest BCUT2D eigenvalue weighted by atomic mass is 10.1. The number of halogens is 1. The van der Waals surface area contributed by atoms with Crippen LogP contribution in [0.3, 0.4) is 0 Å². The summed E-state index contributed by atoms with van der Waals surface area (Å²) in [5, 5.41) is 16.2. The van der Waals surface area contributed by atoms with Gasteiger partial charge in [-0.1, -0.05) is 28.9 Å². The Morgan fingerprint density at radius 2 is 2.25 bits per heavy atom. The summed E-state index contributed by atoms with van der Waals surface area (Å²) < 4.78 is 5.07. The van der Waals surface area contributed by atoms with Crippen LogP contribution in [0.5, 0.6) is 0 Å². The van der Waals surface area contributed by atoms with Crippen LogP contribution >= 0.6 is 11.6 Å². The molecule has 20 heavy (non-hydrogen) atoms. The third-order valence-electron chi connectivity index (χ3n) is 2.77. The van der Waals surface area contributed by atoms with E-state index < -0.39 is 11.5 Å². The van der Waals surface area contributed by atoms with Crippen molar-refractivity contribution in [3.63, 3.8) is 0 Å². The molecule has 0 bridgehead atoms. The minimum atomic E-state index is -1.06. The van der Waals surface area contributed by atoms with Crippen molar-refractivity contribution in [2.75, 3.05) is 0 Å². The summed E-state index contributed by atoms with van der Waals surface area (Å²) in [6, 6.07) is 7.09. The molecule has 1 heterocycles. The first kappa shape index (κ1) is 14.5. The molecular formula is C13H14ClN3O3. The number of rotatable bonds is 5. The maximum atomic E-state index is 11.0. The Morgan fingerprint density at radius 3 is 2.90 bits per heavy atom. The van der Waals surface area contributed by atoms with Gasteiger partial charge in [-0.05, 0) is 26.0 Å². The van der Waals surface area contributed by atoms with Gasteiger partial charge in [0.05, 0.1) is 6.54 Å². The largest absolute Gasteiger partial charge is 0.480 e.